The molecule has 2 aromatic heterocycles. The summed E-state index contributed by atoms with van der Waals surface area (Å²) in [6.45, 7) is 21.3. The van der Waals surface area contributed by atoms with Crippen molar-refractivity contribution in [2.24, 2.45) is 5.41 Å². The van der Waals surface area contributed by atoms with Gasteiger partial charge < -0.3 is 0 Å². The average Bonchev–Trinajstić information content (AvgIpc) is 3.52. The first-order valence-electron chi connectivity index (χ1n) is 19.5. The molecule has 5 aromatic carbocycles. The van der Waals surface area contributed by atoms with E-state index in [1.807, 2.05) is 30.5 Å². The topological polar surface area (TPSA) is 35.2 Å². The summed E-state index contributed by atoms with van der Waals surface area (Å²) in [7, 11) is 0. The Morgan fingerprint density at radius 2 is 1.34 bits per heavy atom. The maximum atomic E-state index is 6.68. The first-order valence-corrected chi connectivity index (χ1v) is 20.7. The predicted octanol–water partition coefficient (Wildman–Crippen LogP) is 12.6. The van der Waals surface area contributed by atoms with Crippen molar-refractivity contribution in [3.8, 4) is 22.9 Å². The SMILES string of the molecule is CC(C)(C)c1ccnc(N2c3[c-]c(Oc4[c-]c(-n5[c](=[Pt])n(-c6ccccc6)c6ccccc65)ccc4)ccc3Cc3cc4c(cc32)C(C)(C)C(C)(C)C4(C)C)c1. The molecule has 1 aliphatic heterocycles. The third-order valence-corrected chi connectivity index (χ3v) is 14.3. The van der Waals surface area contributed by atoms with E-state index in [0.29, 0.717) is 11.5 Å². The second kappa shape index (κ2) is 12.8. The zero-order valence-corrected chi connectivity index (χ0v) is 36.0. The van der Waals surface area contributed by atoms with Gasteiger partial charge in [-0.3, -0.25) is 0 Å². The van der Waals surface area contributed by atoms with Gasteiger partial charge in [0, 0.05) is 6.20 Å². The van der Waals surface area contributed by atoms with E-state index in [0.717, 1.165) is 44.1 Å². The van der Waals surface area contributed by atoms with Gasteiger partial charge >= 0.3 is 225 Å². The van der Waals surface area contributed by atoms with Crippen LogP contribution in [0.2, 0.25) is 0 Å². The summed E-state index contributed by atoms with van der Waals surface area (Å²) in [6.07, 6.45) is 2.76. The molecule has 0 radical (unpaired) electrons. The van der Waals surface area contributed by atoms with Gasteiger partial charge in [0.15, 0.2) is 0 Å². The van der Waals surface area contributed by atoms with Crippen molar-refractivity contribution in [2.75, 3.05) is 4.90 Å². The van der Waals surface area contributed by atoms with Crippen LogP contribution < -0.4 is 9.64 Å². The smallest absolute Gasteiger partial charge is 0.0582 e. The van der Waals surface area contributed by atoms with E-state index in [2.05, 4.69) is 193 Å². The third kappa shape index (κ3) is 5.52. The zero-order chi connectivity index (χ0) is 39.4. The van der Waals surface area contributed by atoms with Gasteiger partial charge in [-0.2, -0.15) is 0 Å². The van der Waals surface area contributed by atoms with Gasteiger partial charge in [-0.1, -0.05) is 68.4 Å². The van der Waals surface area contributed by atoms with Gasteiger partial charge in [-0.05, 0) is 44.4 Å². The number of nitrogens with zero attached hydrogens (tertiary/aromatic N) is 4. The molecule has 0 fully saturated rings. The van der Waals surface area contributed by atoms with Gasteiger partial charge in [0.25, 0.3) is 0 Å². The van der Waals surface area contributed by atoms with Crippen LogP contribution in [-0.2, 0) is 42.0 Å². The fraction of sp³-hybridized carbons (Fsp3) is 0.280. The number of rotatable bonds is 5. The number of ether oxygens (including phenoxy) is 1. The number of pyridine rings is 1. The minimum absolute atomic E-state index is 0.0120. The number of fused-ring (bicyclic) bond motifs is 4. The molecule has 1 aliphatic carbocycles. The van der Waals surface area contributed by atoms with Crippen LogP contribution in [0.15, 0.2) is 115 Å². The van der Waals surface area contributed by atoms with E-state index in [-0.39, 0.29) is 21.7 Å². The van der Waals surface area contributed by atoms with Crippen LogP contribution in [0.1, 0.15) is 90.1 Å². The van der Waals surface area contributed by atoms with Gasteiger partial charge in [0.05, 0.1) is 0 Å². The van der Waals surface area contributed by atoms with Crippen molar-refractivity contribution in [1.29, 1.82) is 0 Å². The molecule has 0 bridgehead atoms. The number of hydrogen-bond acceptors (Lipinski definition) is 3. The Morgan fingerprint density at radius 3 is 2.05 bits per heavy atom. The Balaban J connectivity index is 1.15. The summed E-state index contributed by atoms with van der Waals surface area (Å²) in [5.41, 5.74) is 13.0. The van der Waals surface area contributed by atoms with Crippen molar-refractivity contribution in [3.05, 3.63) is 159 Å². The van der Waals surface area contributed by atoms with Crippen molar-refractivity contribution < 1.29 is 24.1 Å². The summed E-state index contributed by atoms with van der Waals surface area (Å²) in [6, 6.07) is 46.0. The Bertz CT molecular complexity index is 2750. The summed E-state index contributed by atoms with van der Waals surface area (Å²) < 4.78 is 12.2. The van der Waals surface area contributed by atoms with Gasteiger partial charge in [0.2, 0.25) is 0 Å². The minimum Gasteiger partial charge on any atom is -0.0582 e. The van der Waals surface area contributed by atoms with Crippen LogP contribution in [0.3, 0.4) is 0 Å². The molecule has 9 rings (SSSR count). The standard InChI is InChI=1S/C50H48N4O.Pt/c1-47(2,3)35-24-25-51-46(28-35)54-44-30-39(23-22-33(44)26-34-27-40-41(31-45(34)54)49(6,7)50(8,9)48(40,4)5)55-38-19-15-18-37(29-38)53-32-52(36-16-11-10-12-17-36)42-20-13-14-21-43(42)53;/h10-25,27-28,31H,26H2,1-9H3;/q-2;. The molecule has 0 saturated carbocycles. The van der Waals surface area contributed by atoms with E-state index >= 15 is 0 Å². The first-order chi connectivity index (χ1) is 26.6. The zero-order valence-electron chi connectivity index (χ0n) is 33.7. The van der Waals surface area contributed by atoms with Crippen molar-refractivity contribution in [3.63, 3.8) is 0 Å². The monoisotopic (exact) mass is 915 g/mol. The molecule has 7 aromatic rings. The summed E-state index contributed by atoms with van der Waals surface area (Å²) in [4.78, 5) is 7.35. The molecule has 5 nitrogen and oxygen atoms in total. The first kappa shape index (κ1) is 36.6. The van der Waals surface area contributed by atoms with Crippen LogP contribution in [0.4, 0.5) is 17.2 Å². The molecule has 0 unspecified atom stereocenters. The Hall–Kier alpha value is -4.99. The minimum atomic E-state index is -0.0358. The van der Waals surface area contributed by atoms with Crippen molar-refractivity contribution >= 4 is 28.2 Å². The second-order valence-corrected chi connectivity index (χ2v) is 19.0. The molecule has 0 amide bonds. The van der Waals surface area contributed by atoms with E-state index in [1.165, 1.54) is 33.5 Å². The van der Waals surface area contributed by atoms with Gasteiger partial charge in [-0.25, -0.2) is 0 Å². The quantitative estimate of drug-likeness (QED) is 0.161. The second-order valence-electron chi connectivity index (χ2n) is 18.0. The molecule has 6 heteroatoms. The predicted molar refractivity (Wildman–Crippen MR) is 224 cm³/mol. The van der Waals surface area contributed by atoms with Crippen LogP contribution in [0.25, 0.3) is 22.4 Å². The van der Waals surface area contributed by atoms with Crippen LogP contribution in [0, 0.1) is 21.4 Å². The summed E-state index contributed by atoms with van der Waals surface area (Å²) in [5, 5.41) is 0. The molecule has 56 heavy (non-hydrogen) atoms. The third-order valence-electron chi connectivity index (χ3n) is 13.3. The molecule has 0 N–H and O–H groups in total. The molecule has 0 atom stereocenters. The normalized spacial score (nSPS) is 16.4. The van der Waals surface area contributed by atoms with E-state index < -0.39 is 0 Å². The number of anilines is 3. The Kier molecular flexibility index (Phi) is 8.35. The van der Waals surface area contributed by atoms with Crippen LogP contribution in [0.5, 0.6) is 11.5 Å². The Labute approximate surface area is 342 Å². The molecule has 0 saturated heterocycles. The summed E-state index contributed by atoms with van der Waals surface area (Å²) >= 11 is 2.42. The number of benzene rings is 5. The van der Waals surface area contributed by atoms with Crippen molar-refractivity contribution in [2.45, 2.75) is 85.0 Å². The molecule has 3 heterocycles. The molecule has 286 valence electrons. The van der Waals surface area contributed by atoms with Gasteiger partial charge in [-0.15, -0.1) is 0 Å². The Morgan fingerprint density at radius 1 is 0.679 bits per heavy atom. The fourth-order valence-corrected chi connectivity index (χ4v) is 9.96. The van der Waals surface area contributed by atoms with Crippen molar-refractivity contribution in [1.82, 2.24) is 14.1 Å². The average molecular weight is 916 g/mol. The summed E-state index contributed by atoms with van der Waals surface area (Å²) in [5.74, 6) is 2.14. The number of hydrogen-bond donors (Lipinski definition) is 0. The fourth-order valence-electron chi connectivity index (χ4n) is 8.85. The van der Waals surface area contributed by atoms with E-state index in [9.17, 15) is 0 Å². The number of aromatic nitrogens is 3. The molecular formula is C50H48N4OPt-2. The molecular weight excluding hydrogens is 868 g/mol. The van der Waals surface area contributed by atoms with Crippen LogP contribution >= 0.6 is 0 Å². The molecule has 0 spiro atoms. The van der Waals surface area contributed by atoms with Gasteiger partial charge in [0.1, 0.15) is 0 Å². The van der Waals surface area contributed by atoms with E-state index in [4.69, 9.17) is 9.72 Å². The van der Waals surface area contributed by atoms with Crippen LogP contribution in [-0.4, -0.2) is 14.1 Å². The maximum absolute atomic E-state index is 6.68. The molecule has 2 aliphatic rings. The number of para-hydroxylation sites is 3. The number of imidazole rings is 1. The van der Waals surface area contributed by atoms with E-state index in [1.54, 1.807) is 0 Å².